The summed E-state index contributed by atoms with van der Waals surface area (Å²) in [5.41, 5.74) is 0. The van der Waals surface area contributed by atoms with E-state index in [0.29, 0.717) is 6.61 Å². The van der Waals surface area contributed by atoms with Gasteiger partial charge in [-0.15, -0.1) is 0 Å². The fraction of sp³-hybridized carbons (Fsp3) is 1.00. The van der Waals surface area contributed by atoms with Crippen molar-refractivity contribution in [2.24, 2.45) is 0 Å². The molecule has 3 heteroatoms. The molecule has 1 N–H and O–H groups in total. The van der Waals surface area contributed by atoms with E-state index in [1.165, 1.54) is 0 Å². The van der Waals surface area contributed by atoms with Crippen LogP contribution in [0.25, 0.3) is 0 Å². The van der Waals surface area contributed by atoms with Crippen LogP contribution in [0.4, 0.5) is 0 Å². The molecule has 0 spiro atoms. The number of aliphatic hydroxyl groups is 1. The summed E-state index contributed by atoms with van der Waals surface area (Å²) < 4.78 is 10.6. The maximum atomic E-state index is 9.08. The van der Waals surface area contributed by atoms with Crippen molar-refractivity contribution in [3.63, 3.8) is 0 Å². The summed E-state index contributed by atoms with van der Waals surface area (Å²) >= 11 is 0. The van der Waals surface area contributed by atoms with Gasteiger partial charge in [-0.2, -0.15) is 0 Å². The highest BCUT2D eigenvalue weighted by Crippen LogP contribution is 2.23. The van der Waals surface area contributed by atoms with Crippen molar-refractivity contribution >= 4 is 0 Å². The summed E-state index contributed by atoms with van der Waals surface area (Å²) in [6.07, 6.45) is -0.600. The van der Waals surface area contributed by atoms with Crippen LogP contribution >= 0.6 is 0 Å². The van der Waals surface area contributed by atoms with E-state index in [-0.39, 0.29) is 6.10 Å². The SMILES string of the molecule is CC(O)C1COC(C)(C)O1. The van der Waals surface area contributed by atoms with E-state index in [2.05, 4.69) is 0 Å². The Morgan fingerprint density at radius 2 is 2.20 bits per heavy atom. The van der Waals surface area contributed by atoms with Gasteiger partial charge in [-0.25, -0.2) is 0 Å². The van der Waals surface area contributed by atoms with Crippen LogP contribution < -0.4 is 0 Å². The van der Waals surface area contributed by atoms with Gasteiger partial charge in [0.1, 0.15) is 6.10 Å². The van der Waals surface area contributed by atoms with Crippen molar-refractivity contribution in [2.45, 2.75) is 38.8 Å². The Balaban J connectivity index is 2.43. The molecule has 0 amide bonds. The molecule has 0 aliphatic carbocycles. The van der Waals surface area contributed by atoms with E-state index in [9.17, 15) is 0 Å². The van der Waals surface area contributed by atoms with Crippen LogP contribution in [0.1, 0.15) is 20.8 Å². The van der Waals surface area contributed by atoms with Gasteiger partial charge >= 0.3 is 0 Å². The molecular formula is C7H14O3. The minimum atomic E-state index is -0.512. The fourth-order valence-electron chi connectivity index (χ4n) is 0.953. The molecule has 0 bridgehead atoms. The van der Waals surface area contributed by atoms with Gasteiger partial charge in [-0.3, -0.25) is 0 Å². The first-order valence-corrected chi connectivity index (χ1v) is 3.51. The summed E-state index contributed by atoms with van der Waals surface area (Å²) in [5, 5.41) is 9.08. The van der Waals surface area contributed by atoms with Gasteiger partial charge in [-0.05, 0) is 20.8 Å². The Bertz CT molecular complexity index is 120. The average molecular weight is 146 g/mol. The number of ether oxygens (including phenoxy) is 2. The molecule has 3 nitrogen and oxygen atoms in total. The second-order valence-electron chi connectivity index (χ2n) is 3.11. The van der Waals surface area contributed by atoms with E-state index in [0.717, 1.165) is 0 Å². The van der Waals surface area contributed by atoms with Crippen LogP contribution in [0, 0.1) is 0 Å². The van der Waals surface area contributed by atoms with Crippen LogP contribution in [-0.4, -0.2) is 29.7 Å². The Kier molecular flexibility index (Phi) is 1.99. The molecule has 0 aromatic carbocycles. The summed E-state index contributed by atoms with van der Waals surface area (Å²) in [5.74, 6) is -0.512. The molecule has 2 atom stereocenters. The minimum absolute atomic E-state index is 0.157. The van der Waals surface area contributed by atoms with Gasteiger partial charge in [0.25, 0.3) is 0 Å². The smallest absolute Gasteiger partial charge is 0.163 e. The first-order valence-electron chi connectivity index (χ1n) is 3.51. The normalized spacial score (nSPS) is 34.2. The predicted molar refractivity (Wildman–Crippen MR) is 36.6 cm³/mol. The van der Waals surface area contributed by atoms with Gasteiger partial charge < -0.3 is 14.6 Å². The fourth-order valence-corrected chi connectivity index (χ4v) is 0.953. The van der Waals surface area contributed by atoms with Gasteiger partial charge in [0, 0.05) is 0 Å². The van der Waals surface area contributed by atoms with E-state index in [1.807, 2.05) is 13.8 Å². The highest BCUT2D eigenvalue weighted by Gasteiger charge is 2.34. The zero-order valence-electron chi connectivity index (χ0n) is 6.63. The maximum Gasteiger partial charge on any atom is 0.163 e. The van der Waals surface area contributed by atoms with Gasteiger partial charge in [0.2, 0.25) is 0 Å². The third-order valence-electron chi connectivity index (χ3n) is 1.57. The maximum absolute atomic E-state index is 9.08. The molecule has 60 valence electrons. The lowest BCUT2D eigenvalue weighted by Crippen LogP contribution is -2.28. The van der Waals surface area contributed by atoms with Crippen LogP contribution in [0.15, 0.2) is 0 Å². The first-order chi connectivity index (χ1) is 4.51. The molecule has 0 aromatic heterocycles. The Morgan fingerprint density at radius 1 is 1.60 bits per heavy atom. The van der Waals surface area contributed by atoms with E-state index < -0.39 is 11.9 Å². The zero-order chi connectivity index (χ0) is 7.78. The largest absolute Gasteiger partial charge is 0.391 e. The molecule has 1 aliphatic heterocycles. The van der Waals surface area contributed by atoms with Crippen LogP contribution in [0.2, 0.25) is 0 Å². The van der Waals surface area contributed by atoms with E-state index in [1.54, 1.807) is 6.92 Å². The molecule has 1 rings (SSSR count). The third kappa shape index (κ3) is 1.68. The summed E-state index contributed by atoms with van der Waals surface area (Å²) in [7, 11) is 0. The monoisotopic (exact) mass is 146 g/mol. The molecule has 0 saturated carbocycles. The summed E-state index contributed by atoms with van der Waals surface area (Å²) in [4.78, 5) is 0. The van der Waals surface area contributed by atoms with Crippen molar-refractivity contribution in [2.75, 3.05) is 6.61 Å². The number of hydrogen-bond donors (Lipinski definition) is 1. The number of rotatable bonds is 1. The van der Waals surface area contributed by atoms with E-state index >= 15 is 0 Å². The second kappa shape index (κ2) is 2.49. The Labute approximate surface area is 60.9 Å². The van der Waals surface area contributed by atoms with Crippen molar-refractivity contribution in [1.29, 1.82) is 0 Å². The quantitative estimate of drug-likeness (QED) is 0.586. The molecule has 1 aliphatic rings. The average Bonchev–Trinajstić information content (AvgIpc) is 2.10. The predicted octanol–water partition coefficient (Wildman–Crippen LogP) is 0.519. The first kappa shape index (κ1) is 7.98. The Morgan fingerprint density at radius 3 is 2.40 bits per heavy atom. The zero-order valence-corrected chi connectivity index (χ0v) is 6.63. The minimum Gasteiger partial charge on any atom is -0.391 e. The van der Waals surface area contributed by atoms with Crippen molar-refractivity contribution < 1.29 is 14.6 Å². The standard InChI is InChI=1S/C7H14O3/c1-5(8)6-4-9-7(2,3)10-6/h5-6,8H,4H2,1-3H3. The topological polar surface area (TPSA) is 38.7 Å². The molecule has 0 aromatic rings. The van der Waals surface area contributed by atoms with Gasteiger partial charge in [0.05, 0.1) is 12.7 Å². The molecular weight excluding hydrogens is 132 g/mol. The van der Waals surface area contributed by atoms with Crippen molar-refractivity contribution in [3.05, 3.63) is 0 Å². The highest BCUT2D eigenvalue weighted by atomic mass is 16.7. The lowest BCUT2D eigenvalue weighted by molar-refractivity contribution is -0.149. The third-order valence-corrected chi connectivity index (χ3v) is 1.57. The number of aliphatic hydroxyl groups excluding tert-OH is 1. The summed E-state index contributed by atoms with van der Waals surface area (Å²) in [6.45, 7) is 5.88. The van der Waals surface area contributed by atoms with Crippen molar-refractivity contribution in [1.82, 2.24) is 0 Å². The number of hydrogen-bond acceptors (Lipinski definition) is 3. The van der Waals surface area contributed by atoms with Crippen LogP contribution in [0.5, 0.6) is 0 Å². The van der Waals surface area contributed by atoms with Crippen molar-refractivity contribution in [3.8, 4) is 0 Å². The van der Waals surface area contributed by atoms with Crippen LogP contribution in [0.3, 0.4) is 0 Å². The molecule has 10 heavy (non-hydrogen) atoms. The lowest BCUT2D eigenvalue weighted by atomic mass is 10.2. The lowest BCUT2D eigenvalue weighted by Gasteiger charge is -2.17. The molecule has 1 heterocycles. The summed E-state index contributed by atoms with van der Waals surface area (Å²) in [6, 6.07) is 0. The highest BCUT2D eigenvalue weighted by molar-refractivity contribution is 4.74. The molecule has 1 fully saturated rings. The van der Waals surface area contributed by atoms with Gasteiger partial charge in [0.15, 0.2) is 5.79 Å². The Hall–Kier alpha value is -0.120. The second-order valence-corrected chi connectivity index (χ2v) is 3.11. The van der Waals surface area contributed by atoms with Crippen LogP contribution in [-0.2, 0) is 9.47 Å². The molecule has 2 unspecified atom stereocenters. The molecule has 0 radical (unpaired) electrons. The van der Waals surface area contributed by atoms with E-state index in [4.69, 9.17) is 14.6 Å². The van der Waals surface area contributed by atoms with Gasteiger partial charge in [-0.1, -0.05) is 0 Å². The molecule has 1 saturated heterocycles.